The Hall–Kier alpha value is -3.21. The summed E-state index contributed by atoms with van der Waals surface area (Å²) in [6.45, 7) is 7.15. The van der Waals surface area contributed by atoms with E-state index in [2.05, 4.69) is 25.9 Å². The minimum atomic E-state index is 0.155. The van der Waals surface area contributed by atoms with Crippen LogP contribution in [0.25, 0.3) is 16.9 Å². The zero-order valence-corrected chi connectivity index (χ0v) is 19.2. The van der Waals surface area contributed by atoms with Gasteiger partial charge in [-0.15, -0.1) is 0 Å². The molecule has 0 amide bonds. The minimum absolute atomic E-state index is 0.155. The molecule has 2 unspecified atom stereocenters. The molecule has 5 nitrogen and oxygen atoms in total. The highest BCUT2D eigenvalue weighted by Gasteiger charge is 2.59. The van der Waals surface area contributed by atoms with Crippen molar-refractivity contribution in [1.82, 2.24) is 9.78 Å². The largest absolute Gasteiger partial charge is 0.497 e. The average Bonchev–Trinajstić information content (AvgIpc) is 3.39. The molecular weight excluding hydrogens is 396 g/mol. The number of fused-ring (bicyclic) bond motifs is 2. The molecule has 5 rings (SSSR count). The summed E-state index contributed by atoms with van der Waals surface area (Å²) in [5, 5.41) is 14.2. The van der Waals surface area contributed by atoms with Gasteiger partial charge >= 0.3 is 0 Å². The lowest BCUT2D eigenvalue weighted by molar-refractivity contribution is 0.194. The Morgan fingerprint density at radius 3 is 2.44 bits per heavy atom. The van der Waals surface area contributed by atoms with Crippen LogP contribution in [0, 0.1) is 16.7 Å². The normalized spacial score (nSPS) is 25.1. The number of methoxy groups -OCH3 is 1. The Morgan fingerprint density at radius 2 is 1.81 bits per heavy atom. The molecule has 1 heterocycles. The molecule has 2 atom stereocenters. The Bertz CT molecular complexity index is 1170. The molecule has 164 valence electrons. The first kappa shape index (κ1) is 20.7. The van der Waals surface area contributed by atoms with Crippen LogP contribution in [0.5, 0.6) is 5.75 Å². The molecule has 0 spiro atoms. The number of benzene rings is 2. The van der Waals surface area contributed by atoms with Crippen molar-refractivity contribution in [3.63, 3.8) is 0 Å². The zero-order valence-electron chi connectivity index (χ0n) is 19.2. The molecule has 0 aliphatic heterocycles. The number of para-hydroxylation sites is 1. The number of ether oxygens (including phenoxy) is 1. The van der Waals surface area contributed by atoms with E-state index >= 15 is 0 Å². The summed E-state index contributed by atoms with van der Waals surface area (Å²) in [7, 11) is 1.67. The zero-order chi connectivity index (χ0) is 22.3. The lowest BCUT2D eigenvalue weighted by Gasteiger charge is -2.34. The molecule has 5 heteroatoms. The molecule has 2 fully saturated rings. The van der Waals surface area contributed by atoms with Crippen LogP contribution in [-0.2, 0) is 0 Å². The summed E-state index contributed by atoms with van der Waals surface area (Å²) in [6.07, 6.45) is 7.45. The first-order chi connectivity index (χ1) is 15.4. The van der Waals surface area contributed by atoms with E-state index in [0.29, 0.717) is 5.41 Å². The molecule has 2 bridgehead atoms. The van der Waals surface area contributed by atoms with E-state index in [1.165, 1.54) is 18.6 Å². The lowest BCUT2D eigenvalue weighted by Crippen LogP contribution is -2.32. The smallest absolute Gasteiger partial charge is 0.118 e. The molecule has 1 aromatic heterocycles. The van der Waals surface area contributed by atoms with Crippen LogP contribution in [0.15, 0.2) is 71.0 Å². The summed E-state index contributed by atoms with van der Waals surface area (Å²) in [4.78, 5) is 0. The highest BCUT2D eigenvalue weighted by Crippen LogP contribution is 2.64. The summed E-state index contributed by atoms with van der Waals surface area (Å²) >= 11 is 0. The van der Waals surface area contributed by atoms with Crippen LogP contribution in [-0.4, -0.2) is 28.8 Å². The predicted molar refractivity (Wildman–Crippen MR) is 130 cm³/mol. The molecule has 0 radical (unpaired) electrons. The van der Waals surface area contributed by atoms with E-state index < -0.39 is 0 Å². The number of rotatable bonds is 5. The van der Waals surface area contributed by atoms with Crippen molar-refractivity contribution < 1.29 is 4.74 Å². The fraction of sp³-hybridized carbons (Fsp3) is 0.370. The van der Waals surface area contributed by atoms with Crippen LogP contribution < -0.4 is 4.74 Å². The van der Waals surface area contributed by atoms with Gasteiger partial charge in [-0.2, -0.15) is 15.3 Å². The molecule has 0 N–H and O–H groups in total. The fourth-order valence-electron chi connectivity index (χ4n) is 5.41. The van der Waals surface area contributed by atoms with Gasteiger partial charge < -0.3 is 4.74 Å². The number of hydrogen-bond donors (Lipinski definition) is 0. The summed E-state index contributed by atoms with van der Waals surface area (Å²) in [5.74, 6) is 1.54. The Kier molecular flexibility index (Phi) is 5.00. The summed E-state index contributed by atoms with van der Waals surface area (Å²) in [5.41, 5.74) is 5.54. The van der Waals surface area contributed by atoms with Gasteiger partial charge in [-0.1, -0.05) is 39.0 Å². The maximum Gasteiger partial charge on any atom is 0.118 e. The first-order valence-corrected chi connectivity index (χ1v) is 11.3. The van der Waals surface area contributed by atoms with E-state index in [1.807, 2.05) is 71.7 Å². The van der Waals surface area contributed by atoms with Gasteiger partial charge in [0, 0.05) is 28.5 Å². The predicted octanol–water partition coefficient (Wildman–Crippen LogP) is 6.17. The molecule has 2 aliphatic rings. The summed E-state index contributed by atoms with van der Waals surface area (Å²) < 4.78 is 7.21. The molecule has 3 aromatic rings. The fourth-order valence-corrected chi connectivity index (χ4v) is 5.41. The second kappa shape index (κ2) is 7.73. The molecule has 2 aromatic carbocycles. The van der Waals surface area contributed by atoms with E-state index in [-0.39, 0.29) is 5.41 Å². The molecule has 2 saturated carbocycles. The van der Waals surface area contributed by atoms with Crippen LogP contribution in [0.2, 0.25) is 0 Å². The van der Waals surface area contributed by atoms with Gasteiger partial charge in [0.05, 0.1) is 19.0 Å². The average molecular weight is 427 g/mol. The van der Waals surface area contributed by atoms with Crippen molar-refractivity contribution in [2.24, 2.45) is 27.0 Å². The monoisotopic (exact) mass is 426 g/mol. The molecule has 32 heavy (non-hydrogen) atoms. The quantitative estimate of drug-likeness (QED) is 0.362. The highest BCUT2D eigenvalue weighted by molar-refractivity contribution is 5.95. The topological polar surface area (TPSA) is 51.8 Å². The molecule has 0 saturated heterocycles. The van der Waals surface area contributed by atoms with Gasteiger partial charge in [-0.3, -0.25) is 0 Å². The third kappa shape index (κ3) is 3.27. The van der Waals surface area contributed by atoms with Crippen molar-refractivity contribution in [2.75, 3.05) is 7.11 Å². The third-order valence-corrected chi connectivity index (χ3v) is 8.01. The van der Waals surface area contributed by atoms with Crippen LogP contribution in [0.3, 0.4) is 0 Å². The van der Waals surface area contributed by atoms with Crippen molar-refractivity contribution in [3.8, 4) is 22.7 Å². The number of aromatic nitrogens is 2. The Balaban J connectivity index is 1.50. The first-order valence-electron chi connectivity index (χ1n) is 11.3. The second-order valence-electron chi connectivity index (χ2n) is 9.73. The standard InChI is InChI=1S/C27H30N4O/c1-26(2)21-14-15-27(26,3)24(16-21)29-28-17-20-18-31(22-8-6-5-7-9-22)30-25(20)19-10-12-23(32-4)13-11-19/h5-13,17-18,21H,14-16H2,1-4H3/b28-17+,29-24-. The third-order valence-electron chi connectivity index (χ3n) is 8.01. The van der Waals surface area contributed by atoms with Gasteiger partial charge in [0.15, 0.2) is 0 Å². The van der Waals surface area contributed by atoms with E-state index in [4.69, 9.17) is 14.9 Å². The van der Waals surface area contributed by atoms with Gasteiger partial charge in [-0.05, 0) is 67.0 Å². The minimum Gasteiger partial charge on any atom is -0.497 e. The van der Waals surface area contributed by atoms with E-state index in [1.54, 1.807) is 7.11 Å². The van der Waals surface area contributed by atoms with Gasteiger partial charge in [0.2, 0.25) is 0 Å². The summed E-state index contributed by atoms with van der Waals surface area (Å²) in [6, 6.07) is 18.1. The maximum absolute atomic E-state index is 5.31. The van der Waals surface area contributed by atoms with Gasteiger partial charge in [0.1, 0.15) is 11.4 Å². The molecular formula is C27H30N4O. The van der Waals surface area contributed by atoms with Crippen molar-refractivity contribution in [1.29, 1.82) is 0 Å². The number of nitrogens with zero attached hydrogens (tertiary/aromatic N) is 4. The van der Waals surface area contributed by atoms with Crippen LogP contribution >= 0.6 is 0 Å². The highest BCUT2D eigenvalue weighted by atomic mass is 16.5. The van der Waals surface area contributed by atoms with E-state index in [9.17, 15) is 0 Å². The molecule has 2 aliphatic carbocycles. The second-order valence-corrected chi connectivity index (χ2v) is 9.73. The number of hydrogen-bond acceptors (Lipinski definition) is 4. The maximum atomic E-state index is 5.31. The van der Waals surface area contributed by atoms with Gasteiger partial charge in [0.25, 0.3) is 0 Å². The van der Waals surface area contributed by atoms with E-state index in [0.717, 1.165) is 40.6 Å². The Labute approximate surface area is 189 Å². The van der Waals surface area contributed by atoms with Crippen molar-refractivity contribution in [2.45, 2.75) is 40.0 Å². The SMILES string of the molecule is COc1ccc(-c2nn(-c3ccccc3)cc2/C=N/N=C2/CC3CCC2(C)C3(C)C)cc1. The lowest BCUT2D eigenvalue weighted by atomic mass is 9.70. The Morgan fingerprint density at radius 1 is 1.06 bits per heavy atom. The van der Waals surface area contributed by atoms with Crippen molar-refractivity contribution >= 4 is 11.9 Å². The van der Waals surface area contributed by atoms with Crippen LogP contribution in [0.4, 0.5) is 0 Å². The van der Waals surface area contributed by atoms with Gasteiger partial charge in [-0.25, -0.2) is 4.68 Å². The van der Waals surface area contributed by atoms with Crippen LogP contribution in [0.1, 0.15) is 45.6 Å². The van der Waals surface area contributed by atoms with Crippen molar-refractivity contribution in [3.05, 3.63) is 66.4 Å².